The molecule has 0 radical (unpaired) electrons. The van der Waals surface area contributed by atoms with E-state index in [1.165, 1.54) is 31.0 Å². The van der Waals surface area contributed by atoms with Crippen LogP contribution >= 0.6 is 11.8 Å². The number of hydrogen-bond donors (Lipinski definition) is 0. The van der Waals surface area contributed by atoms with Crippen LogP contribution in [0.1, 0.15) is 32.6 Å². The van der Waals surface area contributed by atoms with Gasteiger partial charge in [0.25, 0.3) is 0 Å². The number of carbonyl (C=O) groups excluding carboxylic acids is 1. The fourth-order valence-electron chi connectivity index (χ4n) is 1.24. The average molecular weight is 158 g/mol. The first-order chi connectivity index (χ1) is 4.83. The first kappa shape index (κ1) is 8.12. The second-order valence-electron chi connectivity index (χ2n) is 2.90. The van der Waals surface area contributed by atoms with Gasteiger partial charge >= 0.3 is 0 Å². The lowest BCUT2D eigenvalue weighted by Gasteiger charge is -2.03. The minimum atomic E-state index is 0.404. The Kier molecular flexibility index (Phi) is 3.26. The molecule has 0 aliphatic carbocycles. The SMILES string of the molecule is CCCCC1CSC(=O)C1. The minimum absolute atomic E-state index is 0.404. The average Bonchev–Trinajstić information content (AvgIpc) is 2.31. The highest BCUT2D eigenvalue weighted by atomic mass is 32.2. The molecule has 0 bridgehead atoms. The maximum atomic E-state index is 10.8. The van der Waals surface area contributed by atoms with E-state index < -0.39 is 0 Å². The van der Waals surface area contributed by atoms with Crippen molar-refractivity contribution in [3.05, 3.63) is 0 Å². The standard InChI is InChI=1S/C8H14OS/c1-2-3-4-7-5-8(9)10-6-7/h7H,2-6H2,1H3. The van der Waals surface area contributed by atoms with Gasteiger partial charge in [0, 0.05) is 12.2 Å². The highest BCUT2D eigenvalue weighted by molar-refractivity contribution is 8.14. The molecular weight excluding hydrogens is 144 g/mol. The second-order valence-corrected chi connectivity index (χ2v) is 3.97. The van der Waals surface area contributed by atoms with Crippen LogP contribution in [0.15, 0.2) is 0 Å². The van der Waals surface area contributed by atoms with E-state index in [-0.39, 0.29) is 0 Å². The Balaban J connectivity index is 2.12. The Morgan fingerprint density at radius 2 is 2.50 bits per heavy atom. The Labute approximate surface area is 66.6 Å². The van der Waals surface area contributed by atoms with Crippen molar-refractivity contribution in [2.24, 2.45) is 5.92 Å². The van der Waals surface area contributed by atoms with Crippen LogP contribution in [0.3, 0.4) is 0 Å². The Morgan fingerprint density at radius 3 is 3.00 bits per heavy atom. The van der Waals surface area contributed by atoms with Crippen LogP contribution in [0.4, 0.5) is 0 Å². The van der Waals surface area contributed by atoms with E-state index >= 15 is 0 Å². The molecule has 0 spiro atoms. The monoisotopic (exact) mass is 158 g/mol. The van der Waals surface area contributed by atoms with Gasteiger partial charge in [0.15, 0.2) is 5.12 Å². The van der Waals surface area contributed by atoms with Crippen LogP contribution in [0, 0.1) is 5.92 Å². The third-order valence-corrected chi connectivity index (χ3v) is 3.03. The van der Waals surface area contributed by atoms with Gasteiger partial charge in [-0.15, -0.1) is 0 Å². The van der Waals surface area contributed by atoms with Gasteiger partial charge in [0.05, 0.1) is 0 Å². The van der Waals surface area contributed by atoms with Crippen LogP contribution in [-0.2, 0) is 4.79 Å². The van der Waals surface area contributed by atoms with Gasteiger partial charge in [-0.3, -0.25) is 4.79 Å². The van der Waals surface area contributed by atoms with Crippen molar-refractivity contribution in [3.8, 4) is 0 Å². The first-order valence-electron chi connectivity index (χ1n) is 3.98. The van der Waals surface area contributed by atoms with Crippen molar-refractivity contribution in [3.63, 3.8) is 0 Å². The molecule has 1 atom stereocenters. The van der Waals surface area contributed by atoms with E-state index in [1.54, 1.807) is 0 Å². The number of thioether (sulfide) groups is 1. The van der Waals surface area contributed by atoms with E-state index in [1.807, 2.05) is 0 Å². The summed E-state index contributed by atoms with van der Waals surface area (Å²) in [6, 6.07) is 0. The van der Waals surface area contributed by atoms with Crippen molar-refractivity contribution >= 4 is 16.9 Å². The molecule has 1 unspecified atom stereocenters. The molecular formula is C8H14OS. The lowest BCUT2D eigenvalue weighted by atomic mass is 10.0. The molecule has 0 aromatic rings. The summed E-state index contributed by atoms with van der Waals surface area (Å²) in [7, 11) is 0. The highest BCUT2D eigenvalue weighted by Crippen LogP contribution is 2.28. The van der Waals surface area contributed by atoms with Gasteiger partial charge in [-0.2, -0.15) is 0 Å². The molecule has 1 rings (SSSR count). The molecule has 0 saturated carbocycles. The molecule has 0 N–H and O–H groups in total. The van der Waals surface area contributed by atoms with E-state index in [9.17, 15) is 4.79 Å². The third kappa shape index (κ3) is 2.33. The Morgan fingerprint density at radius 1 is 1.70 bits per heavy atom. The number of rotatable bonds is 3. The molecule has 1 aliphatic rings. The molecule has 0 amide bonds. The Bertz CT molecular complexity index is 122. The van der Waals surface area contributed by atoms with Crippen molar-refractivity contribution < 1.29 is 4.79 Å². The molecule has 1 saturated heterocycles. The summed E-state index contributed by atoms with van der Waals surface area (Å²) in [6.45, 7) is 2.20. The zero-order chi connectivity index (χ0) is 7.40. The van der Waals surface area contributed by atoms with Crippen LogP contribution in [0.5, 0.6) is 0 Å². The summed E-state index contributed by atoms with van der Waals surface area (Å²) >= 11 is 1.52. The highest BCUT2D eigenvalue weighted by Gasteiger charge is 2.21. The van der Waals surface area contributed by atoms with Crippen LogP contribution < -0.4 is 0 Å². The van der Waals surface area contributed by atoms with Gasteiger partial charge in [-0.1, -0.05) is 31.5 Å². The number of hydrogen-bond acceptors (Lipinski definition) is 2. The topological polar surface area (TPSA) is 17.1 Å². The summed E-state index contributed by atoms with van der Waals surface area (Å²) in [5.41, 5.74) is 0. The number of carbonyl (C=O) groups is 1. The molecule has 1 heterocycles. The summed E-state index contributed by atoms with van der Waals surface area (Å²) in [5.74, 6) is 1.79. The number of unbranched alkanes of at least 4 members (excludes halogenated alkanes) is 1. The second kappa shape index (κ2) is 4.02. The normalized spacial score (nSPS) is 25.7. The summed E-state index contributed by atoms with van der Waals surface area (Å²) in [6.07, 6.45) is 4.65. The van der Waals surface area contributed by atoms with E-state index in [0.717, 1.165) is 12.2 Å². The van der Waals surface area contributed by atoms with Crippen molar-refractivity contribution in [1.29, 1.82) is 0 Å². The zero-order valence-electron chi connectivity index (χ0n) is 6.43. The molecule has 1 nitrogen and oxygen atoms in total. The summed E-state index contributed by atoms with van der Waals surface area (Å²) in [4.78, 5) is 10.8. The van der Waals surface area contributed by atoms with Crippen LogP contribution in [0.2, 0.25) is 0 Å². The van der Waals surface area contributed by atoms with Gasteiger partial charge < -0.3 is 0 Å². The lowest BCUT2D eigenvalue weighted by molar-refractivity contribution is -0.111. The quantitative estimate of drug-likeness (QED) is 0.627. The lowest BCUT2D eigenvalue weighted by Crippen LogP contribution is -1.97. The van der Waals surface area contributed by atoms with Gasteiger partial charge in [0.2, 0.25) is 0 Å². The van der Waals surface area contributed by atoms with Crippen molar-refractivity contribution in [2.75, 3.05) is 5.75 Å². The van der Waals surface area contributed by atoms with Crippen LogP contribution in [0.25, 0.3) is 0 Å². The Hall–Kier alpha value is 0.0200. The molecule has 58 valence electrons. The largest absolute Gasteiger partial charge is 0.287 e. The fraction of sp³-hybridized carbons (Fsp3) is 0.875. The minimum Gasteiger partial charge on any atom is -0.287 e. The molecule has 0 aromatic heterocycles. The van der Waals surface area contributed by atoms with E-state index in [2.05, 4.69) is 6.92 Å². The smallest absolute Gasteiger partial charge is 0.189 e. The molecule has 1 aliphatic heterocycles. The molecule has 2 heteroatoms. The van der Waals surface area contributed by atoms with E-state index in [0.29, 0.717) is 11.0 Å². The van der Waals surface area contributed by atoms with E-state index in [4.69, 9.17) is 0 Å². The van der Waals surface area contributed by atoms with Gasteiger partial charge in [-0.25, -0.2) is 0 Å². The fourth-order valence-corrected chi connectivity index (χ4v) is 2.30. The van der Waals surface area contributed by atoms with Crippen LogP contribution in [-0.4, -0.2) is 10.9 Å². The van der Waals surface area contributed by atoms with Gasteiger partial charge in [0.1, 0.15) is 0 Å². The maximum Gasteiger partial charge on any atom is 0.189 e. The maximum absolute atomic E-state index is 10.8. The summed E-state index contributed by atoms with van der Waals surface area (Å²) in [5, 5.41) is 0.404. The predicted molar refractivity (Wildman–Crippen MR) is 45.1 cm³/mol. The molecule has 0 aromatic carbocycles. The van der Waals surface area contributed by atoms with Gasteiger partial charge in [-0.05, 0) is 12.3 Å². The molecule has 1 fully saturated rings. The predicted octanol–water partition coefficient (Wildman–Crippen LogP) is 2.46. The first-order valence-corrected chi connectivity index (χ1v) is 4.97. The van der Waals surface area contributed by atoms with Crippen molar-refractivity contribution in [2.45, 2.75) is 32.6 Å². The van der Waals surface area contributed by atoms with Crippen molar-refractivity contribution in [1.82, 2.24) is 0 Å². The third-order valence-electron chi connectivity index (χ3n) is 1.90. The zero-order valence-corrected chi connectivity index (χ0v) is 7.25. The summed E-state index contributed by atoms with van der Waals surface area (Å²) < 4.78 is 0. The molecule has 10 heavy (non-hydrogen) atoms.